The number of carboxylic acid groups (broad SMARTS) is 1. The summed E-state index contributed by atoms with van der Waals surface area (Å²) in [6.07, 6.45) is 0.0753. The first-order valence-electron chi connectivity index (χ1n) is 5.76. The van der Waals surface area contributed by atoms with E-state index in [0.29, 0.717) is 5.56 Å². The van der Waals surface area contributed by atoms with Crippen molar-refractivity contribution in [2.45, 2.75) is 6.42 Å². The van der Waals surface area contributed by atoms with Gasteiger partial charge in [0.15, 0.2) is 0 Å². The predicted molar refractivity (Wildman–Crippen MR) is 72.4 cm³/mol. The van der Waals surface area contributed by atoms with Gasteiger partial charge >= 0.3 is 5.97 Å². The molecule has 0 amide bonds. The van der Waals surface area contributed by atoms with Gasteiger partial charge < -0.3 is 10.4 Å². The second kappa shape index (κ2) is 5.69. The Bertz CT molecular complexity index is 630. The number of nitrogens with one attached hydrogen (secondary N) is 1. The van der Waals surface area contributed by atoms with Crippen molar-refractivity contribution in [2.75, 3.05) is 5.32 Å². The Morgan fingerprint density at radius 3 is 2.53 bits per heavy atom. The number of para-hydroxylation sites is 1. The number of aromatic carboxylic acids is 1. The summed E-state index contributed by atoms with van der Waals surface area (Å²) in [5.41, 5.74) is 2.35. The van der Waals surface area contributed by atoms with Gasteiger partial charge in [0, 0.05) is 11.4 Å². The first-order chi connectivity index (χ1) is 9.20. The molecule has 0 saturated heterocycles. The van der Waals surface area contributed by atoms with Crippen molar-refractivity contribution in [3.8, 4) is 6.07 Å². The number of rotatable bonds is 4. The summed E-state index contributed by atoms with van der Waals surface area (Å²) in [5, 5.41) is 21.0. The van der Waals surface area contributed by atoms with Crippen molar-refractivity contribution in [3.63, 3.8) is 0 Å². The maximum atomic E-state index is 11.0. The van der Waals surface area contributed by atoms with Gasteiger partial charge in [-0.3, -0.25) is 0 Å². The van der Waals surface area contributed by atoms with E-state index in [1.807, 2.05) is 36.4 Å². The molecule has 2 N–H and O–H groups in total. The molecule has 4 nitrogen and oxygen atoms in total. The Kier molecular flexibility index (Phi) is 3.79. The Labute approximate surface area is 110 Å². The molecule has 0 aliphatic heterocycles. The fourth-order valence-corrected chi connectivity index (χ4v) is 1.80. The zero-order chi connectivity index (χ0) is 13.7. The van der Waals surface area contributed by atoms with Crippen LogP contribution in [0.1, 0.15) is 15.9 Å². The molecule has 0 radical (unpaired) electrons. The molecule has 0 atom stereocenters. The third-order valence-corrected chi connectivity index (χ3v) is 2.67. The summed E-state index contributed by atoms with van der Waals surface area (Å²) in [4.78, 5) is 11.0. The van der Waals surface area contributed by atoms with Crippen LogP contribution in [-0.2, 0) is 6.42 Å². The SMILES string of the molecule is N#CCc1cc(Nc2ccccc2)ccc1C(=O)O. The van der Waals surface area contributed by atoms with Crippen LogP contribution in [0.5, 0.6) is 0 Å². The number of hydrogen-bond donors (Lipinski definition) is 2. The van der Waals surface area contributed by atoms with Crippen molar-refractivity contribution in [1.82, 2.24) is 0 Å². The molecule has 0 heterocycles. The Hall–Kier alpha value is -2.80. The third kappa shape index (κ3) is 3.11. The van der Waals surface area contributed by atoms with Gasteiger partial charge in [-0.25, -0.2) is 4.79 Å². The highest BCUT2D eigenvalue weighted by atomic mass is 16.4. The van der Waals surface area contributed by atoms with Crippen molar-refractivity contribution in [3.05, 3.63) is 59.7 Å². The summed E-state index contributed by atoms with van der Waals surface area (Å²) in [6.45, 7) is 0. The van der Waals surface area contributed by atoms with Crippen LogP contribution in [-0.4, -0.2) is 11.1 Å². The van der Waals surface area contributed by atoms with Crippen LogP contribution >= 0.6 is 0 Å². The number of hydrogen-bond acceptors (Lipinski definition) is 3. The largest absolute Gasteiger partial charge is 0.478 e. The number of benzene rings is 2. The van der Waals surface area contributed by atoms with E-state index in [2.05, 4.69) is 5.32 Å². The van der Waals surface area contributed by atoms with E-state index >= 15 is 0 Å². The lowest BCUT2D eigenvalue weighted by Crippen LogP contribution is -2.03. The minimum atomic E-state index is -1.02. The van der Waals surface area contributed by atoms with Crippen LogP contribution in [0.2, 0.25) is 0 Å². The molecule has 0 aliphatic carbocycles. The monoisotopic (exact) mass is 252 g/mol. The van der Waals surface area contributed by atoms with E-state index in [1.54, 1.807) is 12.1 Å². The van der Waals surface area contributed by atoms with E-state index in [1.165, 1.54) is 6.07 Å². The lowest BCUT2D eigenvalue weighted by atomic mass is 10.0. The molecule has 0 aliphatic rings. The lowest BCUT2D eigenvalue weighted by Gasteiger charge is -2.09. The number of anilines is 2. The minimum Gasteiger partial charge on any atom is -0.478 e. The average molecular weight is 252 g/mol. The molecular weight excluding hydrogens is 240 g/mol. The second-order valence-electron chi connectivity index (χ2n) is 4.00. The van der Waals surface area contributed by atoms with Gasteiger partial charge in [0.2, 0.25) is 0 Å². The van der Waals surface area contributed by atoms with Gasteiger partial charge in [0.05, 0.1) is 18.1 Å². The average Bonchev–Trinajstić information content (AvgIpc) is 2.40. The normalized spacial score (nSPS) is 9.63. The van der Waals surface area contributed by atoms with Crippen LogP contribution in [0.25, 0.3) is 0 Å². The molecule has 4 heteroatoms. The van der Waals surface area contributed by atoms with Crippen molar-refractivity contribution >= 4 is 17.3 Å². The molecule has 2 aromatic carbocycles. The number of carbonyl (C=O) groups is 1. The first-order valence-corrected chi connectivity index (χ1v) is 5.76. The minimum absolute atomic E-state index is 0.0753. The van der Waals surface area contributed by atoms with Crippen LogP contribution in [0.15, 0.2) is 48.5 Å². The molecule has 0 spiro atoms. The van der Waals surface area contributed by atoms with Gasteiger partial charge in [0.1, 0.15) is 0 Å². The zero-order valence-corrected chi connectivity index (χ0v) is 10.1. The molecule has 2 rings (SSSR count). The fraction of sp³-hybridized carbons (Fsp3) is 0.0667. The quantitative estimate of drug-likeness (QED) is 0.876. The van der Waals surface area contributed by atoms with Crippen molar-refractivity contribution < 1.29 is 9.90 Å². The summed E-state index contributed by atoms with van der Waals surface area (Å²) < 4.78 is 0. The summed E-state index contributed by atoms with van der Waals surface area (Å²) in [6, 6.07) is 16.4. The smallest absolute Gasteiger partial charge is 0.336 e. The van der Waals surface area contributed by atoms with Gasteiger partial charge in [-0.15, -0.1) is 0 Å². The zero-order valence-electron chi connectivity index (χ0n) is 10.1. The Morgan fingerprint density at radius 1 is 1.16 bits per heavy atom. The standard InChI is InChI=1S/C15H12N2O2/c16-9-8-11-10-13(6-7-14(11)15(18)19)17-12-4-2-1-3-5-12/h1-7,10,17H,8H2,(H,18,19). The molecule has 0 unspecified atom stereocenters. The van der Waals surface area contributed by atoms with Crippen molar-refractivity contribution in [2.24, 2.45) is 0 Å². The highest BCUT2D eigenvalue weighted by molar-refractivity contribution is 5.90. The number of nitrogens with zero attached hydrogens (tertiary/aromatic N) is 1. The highest BCUT2D eigenvalue weighted by Gasteiger charge is 2.10. The van der Waals surface area contributed by atoms with Gasteiger partial charge in [-0.2, -0.15) is 5.26 Å². The number of carboxylic acids is 1. The molecule has 0 saturated carbocycles. The van der Waals surface area contributed by atoms with Crippen LogP contribution in [0.3, 0.4) is 0 Å². The number of nitriles is 1. The topological polar surface area (TPSA) is 73.1 Å². The molecular formula is C15H12N2O2. The van der Waals surface area contributed by atoms with Gasteiger partial charge in [-0.1, -0.05) is 18.2 Å². The third-order valence-electron chi connectivity index (χ3n) is 2.67. The van der Waals surface area contributed by atoms with E-state index in [0.717, 1.165) is 11.4 Å². The summed E-state index contributed by atoms with van der Waals surface area (Å²) in [5.74, 6) is -1.02. The lowest BCUT2D eigenvalue weighted by molar-refractivity contribution is 0.0696. The maximum Gasteiger partial charge on any atom is 0.336 e. The molecule has 0 aromatic heterocycles. The van der Waals surface area contributed by atoms with Crippen molar-refractivity contribution in [1.29, 1.82) is 5.26 Å². The first kappa shape index (κ1) is 12.7. The molecule has 0 fully saturated rings. The van der Waals surface area contributed by atoms with Crippen LogP contribution in [0, 0.1) is 11.3 Å². The summed E-state index contributed by atoms with van der Waals surface area (Å²) >= 11 is 0. The molecule has 0 bridgehead atoms. The Morgan fingerprint density at radius 2 is 1.89 bits per heavy atom. The second-order valence-corrected chi connectivity index (χ2v) is 4.00. The fourth-order valence-electron chi connectivity index (χ4n) is 1.80. The molecule has 2 aromatic rings. The Balaban J connectivity index is 2.31. The van der Waals surface area contributed by atoms with E-state index < -0.39 is 5.97 Å². The van der Waals surface area contributed by atoms with Gasteiger partial charge in [0.25, 0.3) is 0 Å². The van der Waals surface area contributed by atoms with E-state index in [4.69, 9.17) is 10.4 Å². The molecule has 94 valence electrons. The van der Waals surface area contributed by atoms with Gasteiger partial charge in [-0.05, 0) is 35.9 Å². The predicted octanol–water partition coefficient (Wildman–Crippen LogP) is 3.19. The maximum absolute atomic E-state index is 11.0. The van der Waals surface area contributed by atoms with Crippen LogP contribution in [0.4, 0.5) is 11.4 Å². The van der Waals surface area contributed by atoms with E-state index in [-0.39, 0.29) is 12.0 Å². The van der Waals surface area contributed by atoms with E-state index in [9.17, 15) is 4.79 Å². The van der Waals surface area contributed by atoms with Crippen LogP contribution < -0.4 is 5.32 Å². The molecule has 19 heavy (non-hydrogen) atoms. The summed E-state index contributed by atoms with van der Waals surface area (Å²) in [7, 11) is 0. The highest BCUT2D eigenvalue weighted by Crippen LogP contribution is 2.20.